The van der Waals surface area contributed by atoms with Crippen molar-refractivity contribution in [2.45, 2.75) is 49.1 Å². The van der Waals surface area contributed by atoms with Crippen molar-refractivity contribution >= 4 is 27.9 Å². The highest BCUT2D eigenvalue weighted by Gasteiger charge is 2.38. The zero-order valence-corrected chi connectivity index (χ0v) is 19.8. The summed E-state index contributed by atoms with van der Waals surface area (Å²) < 4.78 is 32.0. The lowest BCUT2D eigenvalue weighted by Gasteiger charge is -2.32. The molecular formula is C23H29N5O5S. The van der Waals surface area contributed by atoms with Crippen molar-refractivity contribution in [3.8, 4) is 0 Å². The van der Waals surface area contributed by atoms with E-state index in [0.717, 1.165) is 37.8 Å². The SMILES string of the molecule is C[C@](N)(NS(=O)(=O)c1ccccc1)C(=O)OC(=O)N1CCC(c2ccc3c(n2)NCCC3)CC1. The van der Waals surface area contributed by atoms with Crippen molar-refractivity contribution in [1.29, 1.82) is 0 Å². The summed E-state index contributed by atoms with van der Waals surface area (Å²) in [6, 6.07) is 11.6. The smallest absolute Gasteiger partial charge is 0.374 e. The molecule has 1 aromatic carbocycles. The molecule has 0 unspecified atom stereocenters. The second-order valence-electron chi connectivity index (χ2n) is 8.81. The number of hydrogen-bond donors (Lipinski definition) is 3. The van der Waals surface area contributed by atoms with Gasteiger partial charge in [0.2, 0.25) is 10.0 Å². The highest BCUT2D eigenvalue weighted by Crippen LogP contribution is 2.30. The van der Waals surface area contributed by atoms with Crippen LogP contribution >= 0.6 is 0 Å². The maximum Gasteiger partial charge on any atom is 0.417 e. The van der Waals surface area contributed by atoms with E-state index < -0.39 is 27.7 Å². The van der Waals surface area contributed by atoms with Gasteiger partial charge in [-0.3, -0.25) is 0 Å². The van der Waals surface area contributed by atoms with Crippen LogP contribution in [0.3, 0.4) is 0 Å². The molecule has 1 amide bonds. The molecule has 0 bridgehead atoms. The fraction of sp³-hybridized carbons (Fsp3) is 0.435. The summed E-state index contributed by atoms with van der Waals surface area (Å²) in [5, 5.41) is 3.34. The molecule has 4 N–H and O–H groups in total. The van der Waals surface area contributed by atoms with Gasteiger partial charge in [-0.05, 0) is 56.4 Å². The maximum absolute atomic E-state index is 12.5. The number of anilines is 1. The molecule has 0 aliphatic carbocycles. The second kappa shape index (κ2) is 9.69. The van der Waals surface area contributed by atoms with Gasteiger partial charge in [0, 0.05) is 31.2 Å². The van der Waals surface area contributed by atoms with Gasteiger partial charge >= 0.3 is 12.1 Å². The van der Waals surface area contributed by atoms with Crippen molar-refractivity contribution in [3.63, 3.8) is 0 Å². The Morgan fingerprint density at radius 3 is 2.59 bits per heavy atom. The van der Waals surface area contributed by atoms with E-state index >= 15 is 0 Å². The van der Waals surface area contributed by atoms with Crippen LogP contribution < -0.4 is 15.8 Å². The van der Waals surface area contributed by atoms with Crippen molar-refractivity contribution in [2.75, 3.05) is 25.0 Å². The van der Waals surface area contributed by atoms with Crippen LogP contribution in [-0.2, 0) is 26.0 Å². The Balaban J connectivity index is 1.32. The van der Waals surface area contributed by atoms with Crippen LogP contribution in [0.25, 0.3) is 0 Å². The summed E-state index contributed by atoms with van der Waals surface area (Å²) in [6.45, 7) is 2.84. The number of carbonyl (C=O) groups is 2. The van der Waals surface area contributed by atoms with Gasteiger partial charge in [-0.15, -0.1) is 0 Å². The number of fused-ring (bicyclic) bond motifs is 1. The minimum atomic E-state index is -4.08. The number of nitrogens with two attached hydrogens (primary N) is 1. The van der Waals surface area contributed by atoms with Crippen LogP contribution in [0, 0.1) is 0 Å². The number of aryl methyl sites for hydroxylation is 1. The number of amides is 1. The summed E-state index contributed by atoms with van der Waals surface area (Å²) in [7, 11) is -4.08. The minimum Gasteiger partial charge on any atom is -0.374 e. The van der Waals surface area contributed by atoms with Crippen LogP contribution in [0.2, 0.25) is 0 Å². The average molecular weight is 488 g/mol. The number of likely N-dealkylation sites (tertiary alicyclic amines) is 1. The number of hydrogen-bond acceptors (Lipinski definition) is 8. The summed E-state index contributed by atoms with van der Waals surface area (Å²) in [6.07, 6.45) is 2.63. The highest BCUT2D eigenvalue weighted by molar-refractivity contribution is 7.89. The van der Waals surface area contributed by atoms with Crippen molar-refractivity contribution < 1.29 is 22.7 Å². The number of benzene rings is 1. The molecule has 11 heteroatoms. The molecule has 0 radical (unpaired) electrons. The molecule has 1 aromatic heterocycles. The van der Waals surface area contributed by atoms with Crippen LogP contribution in [-0.4, -0.2) is 55.7 Å². The fourth-order valence-corrected chi connectivity index (χ4v) is 5.43. The van der Waals surface area contributed by atoms with Gasteiger partial charge in [-0.1, -0.05) is 24.3 Å². The Kier molecular flexibility index (Phi) is 6.87. The summed E-state index contributed by atoms with van der Waals surface area (Å²) >= 11 is 0. The molecule has 4 rings (SSSR count). The first-order chi connectivity index (χ1) is 16.2. The van der Waals surface area contributed by atoms with Crippen molar-refractivity contribution in [2.24, 2.45) is 5.73 Å². The lowest BCUT2D eigenvalue weighted by atomic mass is 9.92. The predicted octanol–water partition coefficient (Wildman–Crippen LogP) is 1.94. The molecule has 0 saturated carbocycles. The fourth-order valence-electron chi connectivity index (χ4n) is 4.16. The first-order valence-electron chi connectivity index (χ1n) is 11.3. The molecular weight excluding hydrogens is 458 g/mol. The molecule has 1 atom stereocenters. The van der Waals surface area contributed by atoms with E-state index in [-0.39, 0.29) is 10.8 Å². The Morgan fingerprint density at radius 2 is 1.88 bits per heavy atom. The van der Waals surface area contributed by atoms with Crippen molar-refractivity contribution in [3.05, 3.63) is 53.7 Å². The lowest BCUT2D eigenvalue weighted by molar-refractivity contribution is -0.144. The van der Waals surface area contributed by atoms with E-state index in [1.807, 2.05) is 6.07 Å². The molecule has 182 valence electrons. The van der Waals surface area contributed by atoms with Gasteiger partial charge in [0.1, 0.15) is 5.82 Å². The minimum absolute atomic E-state index is 0.0566. The van der Waals surface area contributed by atoms with Gasteiger partial charge in [-0.2, -0.15) is 4.72 Å². The molecule has 1 saturated heterocycles. The van der Waals surface area contributed by atoms with Gasteiger partial charge < -0.3 is 20.7 Å². The number of rotatable bonds is 5. The number of esters is 1. The third-order valence-electron chi connectivity index (χ3n) is 6.09. The van der Waals surface area contributed by atoms with Gasteiger partial charge in [0.05, 0.1) is 4.90 Å². The number of aromatic nitrogens is 1. The van der Waals surface area contributed by atoms with Crippen LogP contribution in [0.5, 0.6) is 0 Å². The topological polar surface area (TPSA) is 144 Å². The molecule has 2 aliphatic rings. The third-order valence-corrected chi connectivity index (χ3v) is 7.68. The predicted molar refractivity (Wildman–Crippen MR) is 125 cm³/mol. The third kappa shape index (κ3) is 5.37. The number of sulfonamides is 1. The van der Waals surface area contributed by atoms with Crippen molar-refractivity contribution in [1.82, 2.24) is 14.6 Å². The summed E-state index contributed by atoms with van der Waals surface area (Å²) in [5.41, 5.74) is 5.96. The number of nitrogens with zero attached hydrogens (tertiary/aromatic N) is 2. The van der Waals surface area contributed by atoms with Gasteiger partial charge in [0.15, 0.2) is 5.66 Å². The average Bonchev–Trinajstić information content (AvgIpc) is 2.83. The summed E-state index contributed by atoms with van der Waals surface area (Å²) in [4.78, 5) is 31.2. The number of pyridine rings is 1. The molecule has 2 aromatic rings. The van der Waals surface area contributed by atoms with E-state index in [1.165, 1.54) is 22.6 Å². The van der Waals surface area contributed by atoms with Crippen LogP contribution in [0.15, 0.2) is 47.4 Å². The molecule has 1 fully saturated rings. The lowest BCUT2D eigenvalue weighted by Crippen LogP contribution is -2.60. The number of ether oxygens (including phenoxy) is 1. The first-order valence-corrected chi connectivity index (χ1v) is 12.8. The monoisotopic (exact) mass is 487 g/mol. The Labute approximate surface area is 198 Å². The number of carbonyl (C=O) groups excluding carboxylic acids is 2. The Morgan fingerprint density at radius 1 is 1.18 bits per heavy atom. The first kappa shape index (κ1) is 24.1. The Hall–Kier alpha value is -3.02. The Bertz CT molecular complexity index is 1160. The van der Waals surface area contributed by atoms with Gasteiger partial charge in [0.25, 0.3) is 0 Å². The normalized spacial score (nSPS) is 18.4. The van der Waals surface area contributed by atoms with Crippen LogP contribution in [0.4, 0.5) is 10.6 Å². The summed E-state index contributed by atoms with van der Waals surface area (Å²) in [5.74, 6) is -0.0378. The van der Waals surface area contributed by atoms with E-state index in [4.69, 9.17) is 15.5 Å². The maximum atomic E-state index is 12.5. The number of nitrogens with one attached hydrogen (secondary N) is 2. The quantitative estimate of drug-likeness (QED) is 0.330. The standard InChI is InChI=1S/C23H29N5O5S/c1-23(24,27-34(31,32)18-7-3-2-4-8-18)21(29)33-22(30)28-14-11-16(12-15-28)19-10-9-17-6-5-13-25-20(17)26-19/h2-4,7-10,16,27H,5-6,11-15,24H2,1H3,(H,25,26)/t23-/m0/s1. The van der Waals surface area contributed by atoms with Crippen LogP contribution in [0.1, 0.15) is 43.4 Å². The van der Waals surface area contributed by atoms with E-state index in [9.17, 15) is 18.0 Å². The molecule has 2 aliphatic heterocycles. The van der Waals surface area contributed by atoms with E-state index in [0.29, 0.717) is 25.9 Å². The molecule has 0 spiro atoms. The zero-order valence-electron chi connectivity index (χ0n) is 19.0. The zero-order chi connectivity index (χ0) is 24.3. The van der Waals surface area contributed by atoms with E-state index in [1.54, 1.807) is 18.2 Å². The molecule has 34 heavy (non-hydrogen) atoms. The largest absolute Gasteiger partial charge is 0.417 e. The second-order valence-corrected chi connectivity index (χ2v) is 10.5. The number of piperidine rings is 1. The van der Waals surface area contributed by atoms with E-state index in [2.05, 4.69) is 16.1 Å². The molecule has 3 heterocycles. The highest BCUT2D eigenvalue weighted by atomic mass is 32.2. The molecule has 10 nitrogen and oxygen atoms in total. The van der Waals surface area contributed by atoms with Gasteiger partial charge in [-0.25, -0.2) is 23.0 Å².